The molecule has 31 heavy (non-hydrogen) atoms. The maximum absolute atomic E-state index is 13.2. The van der Waals surface area contributed by atoms with Gasteiger partial charge in [0.05, 0.1) is 49.7 Å². The Morgan fingerprint density at radius 1 is 1.16 bits per heavy atom. The average molecular weight is 443 g/mol. The predicted octanol–water partition coefficient (Wildman–Crippen LogP) is 1.69. The van der Waals surface area contributed by atoms with E-state index in [4.69, 9.17) is 9.47 Å². The van der Waals surface area contributed by atoms with Gasteiger partial charge >= 0.3 is 0 Å². The highest BCUT2D eigenvalue weighted by molar-refractivity contribution is 7.92. The summed E-state index contributed by atoms with van der Waals surface area (Å²) in [5, 5.41) is 13.6. The highest BCUT2D eigenvalue weighted by Crippen LogP contribution is 2.34. The summed E-state index contributed by atoms with van der Waals surface area (Å²) in [5.41, 5.74) is 2.49. The Balaban J connectivity index is 1.52. The Kier molecular flexibility index (Phi) is 4.67. The molecule has 0 saturated heterocycles. The number of aromatic nitrogens is 6. The standard InChI is InChI=1S/C19H21N7O4S/c1-24-19-13(8-20-24)4-5-17(29-2)18(19)23-31(27,28)14-9-21-26(11-14)15-10-22-25-6-3-7-30-12-16(15)25/h4-5,8-11,23H,3,6-7,12H2,1-2H3. The van der Waals surface area contributed by atoms with Crippen molar-refractivity contribution in [3.05, 3.63) is 42.6 Å². The lowest BCUT2D eigenvalue weighted by Gasteiger charge is -2.13. The molecule has 4 aromatic rings. The SMILES string of the molecule is COc1ccc2cnn(C)c2c1NS(=O)(=O)c1cnn(-c2cnn3c2COCCC3)c1. The highest BCUT2D eigenvalue weighted by Gasteiger charge is 2.23. The van der Waals surface area contributed by atoms with Gasteiger partial charge < -0.3 is 9.47 Å². The van der Waals surface area contributed by atoms with E-state index in [2.05, 4.69) is 20.0 Å². The summed E-state index contributed by atoms with van der Waals surface area (Å²) >= 11 is 0. The van der Waals surface area contributed by atoms with Gasteiger partial charge in [-0.05, 0) is 18.6 Å². The van der Waals surface area contributed by atoms with Crippen molar-refractivity contribution in [2.24, 2.45) is 7.05 Å². The largest absolute Gasteiger partial charge is 0.494 e. The van der Waals surface area contributed by atoms with E-state index in [1.54, 1.807) is 30.2 Å². The van der Waals surface area contributed by atoms with E-state index in [1.807, 2.05) is 10.7 Å². The molecule has 5 rings (SSSR count). The molecule has 11 nitrogen and oxygen atoms in total. The van der Waals surface area contributed by atoms with Gasteiger partial charge in [-0.25, -0.2) is 13.1 Å². The molecule has 1 aliphatic rings. The minimum atomic E-state index is -3.94. The molecule has 0 spiro atoms. The molecule has 0 amide bonds. The third-order valence-corrected chi connectivity index (χ3v) is 6.57. The molecule has 0 saturated carbocycles. The number of aryl methyl sites for hydroxylation is 2. The minimum Gasteiger partial charge on any atom is -0.494 e. The fourth-order valence-electron chi connectivity index (χ4n) is 3.71. The number of ether oxygens (including phenoxy) is 2. The lowest BCUT2D eigenvalue weighted by Crippen LogP contribution is -2.14. The molecule has 0 radical (unpaired) electrons. The quantitative estimate of drug-likeness (QED) is 0.499. The van der Waals surface area contributed by atoms with Gasteiger partial charge in [-0.3, -0.25) is 14.1 Å². The van der Waals surface area contributed by atoms with Crippen molar-refractivity contribution >= 4 is 26.6 Å². The molecular weight excluding hydrogens is 422 g/mol. The van der Waals surface area contributed by atoms with E-state index in [0.29, 0.717) is 35.9 Å². The van der Waals surface area contributed by atoms with Gasteiger partial charge in [0.1, 0.15) is 22.0 Å². The topological polar surface area (TPSA) is 118 Å². The molecule has 3 aromatic heterocycles. The first kappa shape index (κ1) is 19.6. The van der Waals surface area contributed by atoms with Gasteiger partial charge in [-0.2, -0.15) is 15.3 Å². The Bertz CT molecular complexity index is 1370. The van der Waals surface area contributed by atoms with Crippen LogP contribution in [0.1, 0.15) is 12.1 Å². The molecule has 1 aromatic carbocycles. The second-order valence-electron chi connectivity index (χ2n) is 7.18. The van der Waals surface area contributed by atoms with Crippen LogP contribution in [0.25, 0.3) is 16.6 Å². The van der Waals surface area contributed by atoms with Gasteiger partial charge in [0.25, 0.3) is 10.0 Å². The number of nitrogens with zero attached hydrogens (tertiary/aromatic N) is 6. The van der Waals surface area contributed by atoms with Crippen molar-refractivity contribution in [1.29, 1.82) is 0 Å². The summed E-state index contributed by atoms with van der Waals surface area (Å²) in [4.78, 5) is 0.0169. The lowest BCUT2D eigenvalue weighted by molar-refractivity contribution is 0.124. The summed E-state index contributed by atoms with van der Waals surface area (Å²) < 4.78 is 45.0. The van der Waals surface area contributed by atoms with Crippen molar-refractivity contribution in [3.63, 3.8) is 0 Å². The Labute approximate surface area is 178 Å². The number of anilines is 1. The molecule has 0 atom stereocenters. The fraction of sp³-hybridized carbons (Fsp3) is 0.316. The summed E-state index contributed by atoms with van der Waals surface area (Å²) in [6.07, 6.45) is 6.97. The highest BCUT2D eigenvalue weighted by atomic mass is 32.2. The Morgan fingerprint density at radius 2 is 2.03 bits per heavy atom. The number of nitrogens with one attached hydrogen (secondary N) is 1. The second-order valence-corrected chi connectivity index (χ2v) is 8.86. The first-order valence-electron chi connectivity index (χ1n) is 9.67. The lowest BCUT2D eigenvalue weighted by atomic mass is 10.2. The van der Waals surface area contributed by atoms with Gasteiger partial charge in [0.15, 0.2) is 0 Å². The van der Waals surface area contributed by atoms with E-state index >= 15 is 0 Å². The number of methoxy groups -OCH3 is 1. The van der Waals surface area contributed by atoms with Crippen LogP contribution in [0, 0.1) is 0 Å². The van der Waals surface area contributed by atoms with Crippen LogP contribution in [0.3, 0.4) is 0 Å². The van der Waals surface area contributed by atoms with Crippen LogP contribution >= 0.6 is 0 Å². The zero-order valence-electron chi connectivity index (χ0n) is 17.0. The third-order valence-electron chi connectivity index (χ3n) is 5.26. The summed E-state index contributed by atoms with van der Waals surface area (Å²) in [6, 6.07) is 3.53. The summed E-state index contributed by atoms with van der Waals surface area (Å²) in [6.45, 7) is 1.81. The number of hydrogen-bond acceptors (Lipinski definition) is 7. The van der Waals surface area contributed by atoms with E-state index in [0.717, 1.165) is 24.0 Å². The molecule has 1 aliphatic heterocycles. The number of benzene rings is 1. The minimum absolute atomic E-state index is 0.0169. The van der Waals surface area contributed by atoms with Crippen molar-refractivity contribution in [1.82, 2.24) is 29.3 Å². The van der Waals surface area contributed by atoms with Crippen molar-refractivity contribution in [2.75, 3.05) is 18.4 Å². The molecule has 0 bridgehead atoms. The summed E-state index contributed by atoms with van der Waals surface area (Å²) in [5.74, 6) is 0.395. The zero-order chi connectivity index (χ0) is 21.6. The van der Waals surface area contributed by atoms with Crippen LogP contribution in [0.4, 0.5) is 5.69 Å². The molecule has 162 valence electrons. The first-order valence-corrected chi connectivity index (χ1v) is 11.2. The predicted molar refractivity (Wildman–Crippen MR) is 112 cm³/mol. The van der Waals surface area contributed by atoms with Crippen LogP contribution in [0.5, 0.6) is 5.75 Å². The van der Waals surface area contributed by atoms with Gasteiger partial charge in [-0.15, -0.1) is 0 Å². The Hall–Kier alpha value is -3.38. The Morgan fingerprint density at radius 3 is 2.87 bits per heavy atom. The third kappa shape index (κ3) is 3.33. The van der Waals surface area contributed by atoms with E-state index in [-0.39, 0.29) is 4.90 Å². The zero-order valence-corrected chi connectivity index (χ0v) is 17.8. The number of rotatable bonds is 5. The fourth-order valence-corrected chi connectivity index (χ4v) is 4.71. The van der Waals surface area contributed by atoms with Gasteiger partial charge in [0.2, 0.25) is 0 Å². The van der Waals surface area contributed by atoms with Crippen LogP contribution < -0.4 is 9.46 Å². The average Bonchev–Trinajstić information content (AvgIpc) is 3.44. The second kappa shape index (κ2) is 7.39. The first-order chi connectivity index (χ1) is 15.0. The van der Waals surface area contributed by atoms with Crippen molar-refractivity contribution in [3.8, 4) is 11.4 Å². The maximum atomic E-state index is 13.2. The molecule has 0 aliphatic carbocycles. The molecule has 1 N–H and O–H groups in total. The molecular formula is C19H21N7O4S. The van der Waals surface area contributed by atoms with E-state index in [9.17, 15) is 8.42 Å². The van der Waals surface area contributed by atoms with Crippen LogP contribution in [-0.2, 0) is 35.0 Å². The van der Waals surface area contributed by atoms with Crippen LogP contribution in [0.15, 0.2) is 41.8 Å². The molecule has 0 fully saturated rings. The normalized spacial score (nSPS) is 14.4. The van der Waals surface area contributed by atoms with Crippen molar-refractivity contribution in [2.45, 2.75) is 24.5 Å². The number of fused-ring (bicyclic) bond motifs is 2. The molecule has 4 heterocycles. The number of hydrogen-bond donors (Lipinski definition) is 1. The van der Waals surface area contributed by atoms with Crippen LogP contribution in [0.2, 0.25) is 0 Å². The maximum Gasteiger partial charge on any atom is 0.265 e. The molecule has 0 unspecified atom stereocenters. The summed E-state index contributed by atoms with van der Waals surface area (Å²) in [7, 11) is -0.715. The van der Waals surface area contributed by atoms with Crippen LogP contribution in [-0.4, -0.2) is 51.5 Å². The number of sulfonamides is 1. The molecule has 12 heteroatoms. The van der Waals surface area contributed by atoms with Gasteiger partial charge in [0, 0.05) is 25.6 Å². The van der Waals surface area contributed by atoms with Crippen molar-refractivity contribution < 1.29 is 17.9 Å². The smallest absolute Gasteiger partial charge is 0.265 e. The monoisotopic (exact) mass is 443 g/mol. The van der Waals surface area contributed by atoms with Gasteiger partial charge in [-0.1, -0.05) is 0 Å². The van der Waals surface area contributed by atoms with E-state index < -0.39 is 10.0 Å². The van der Waals surface area contributed by atoms with E-state index in [1.165, 1.54) is 24.2 Å².